The van der Waals surface area contributed by atoms with E-state index >= 15 is 0 Å². The number of ketones is 1. The number of nitrogens with one attached hydrogen (secondary N) is 1. The molecule has 0 spiro atoms. The molecule has 3 aromatic rings. The number of carbonyl (C=O) groups excluding carboxylic acids is 2. The molecule has 0 saturated heterocycles. The van der Waals surface area contributed by atoms with Crippen LogP contribution in [0.5, 0.6) is 0 Å². The number of benzene rings is 1. The zero-order valence-electron chi connectivity index (χ0n) is 13.9. The number of carbonyl (C=O) groups is 2. The van der Waals surface area contributed by atoms with Crippen LogP contribution in [0.15, 0.2) is 51.6 Å². The second-order valence-electron chi connectivity index (χ2n) is 6.18. The first-order valence-corrected chi connectivity index (χ1v) is 10.0. The van der Waals surface area contributed by atoms with E-state index in [1.54, 1.807) is 24.3 Å². The average Bonchev–Trinajstić information content (AvgIpc) is 3.29. The van der Waals surface area contributed by atoms with Gasteiger partial charge in [-0.2, -0.15) is 0 Å². The summed E-state index contributed by atoms with van der Waals surface area (Å²) in [6, 6.07) is 10.6. The van der Waals surface area contributed by atoms with Crippen molar-refractivity contribution < 1.29 is 14.0 Å². The molecule has 1 aliphatic carbocycles. The fraction of sp³-hybridized carbons (Fsp3) is 0.200. The summed E-state index contributed by atoms with van der Waals surface area (Å²) in [4.78, 5) is 26.8. The molecule has 1 aliphatic rings. The van der Waals surface area contributed by atoms with Crippen LogP contribution in [-0.4, -0.2) is 11.7 Å². The van der Waals surface area contributed by atoms with Crippen molar-refractivity contribution in [1.29, 1.82) is 0 Å². The maximum Gasteiger partial charge on any atom is 0.291 e. The Morgan fingerprint density at radius 2 is 1.85 bits per heavy atom. The third-order valence-corrected chi connectivity index (χ3v) is 6.21. The highest BCUT2D eigenvalue weighted by atomic mass is 79.9. The Hall–Kier alpha value is -2.18. The molecule has 0 aliphatic heterocycles. The van der Waals surface area contributed by atoms with E-state index in [1.807, 2.05) is 12.1 Å². The van der Waals surface area contributed by atoms with Crippen molar-refractivity contribution in [3.63, 3.8) is 0 Å². The van der Waals surface area contributed by atoms with E-state index in [-0.39, 0.29) is 17.5 Å². The monoisotopic (exact) mass is 429 g/mol. The minimum atomic E-state index is -0.335. The number of anilines is 1. The van der Waals surface area contributed by atoms with Gasteiger partial charge in [0.1, 0.15) is 5.00 Å². The number of hydrogen-bond donors (Lipinski definition) is 1. The van der Waals surface area contributed by atoms with Gasteiger partial charge in [-0.3, -0.25) is 9.59 Å². The summed E-state index contributed by atoms with van der Waals surface area (Å²) >= 11 is 4.91. The van der Waals surface area contributed by atoms with E-state index in [4.69, 9.17) is 4.42 Å². The molecular formula is C20H16BrNO3S. The number of furan rings is 1. The van der Waals surface area contributed by atoms with Gasteiger partial charge in [-0.25, -0.2) is 0 Å². The van der Waals surface area contributed by atoms with Crippen LogP contribution in [-0.2, 0) is 12.8 Å². The molecule has 0 unspecified atom stereocenters. The SMILES string of the molecule is O=C(Nc1sc2c(c1C(=O)c1ccc(Br)cc1)CCCC2)c1ccco1. The van der Waals surface area contributed by atoms with Gasteiger partial charge in [-0.15, -0.1) is 11.3 Å². The summed E-state index contributed by atoms with van der Waals surface area (Å²) in [6.45, 7) is 0. The number of thiophene rings is 1. The molecule has 1 N–H and O–H groups in total. The zero-order valence-corrected chi connectivity index (χ0v) is 16.3. The van der Waals surface area contributed by atoms with Crippen molar-refractivity contribution in [3.05, 3.63) is 74.5 Å². The average molecular weight is 430 g/mol. The lowest BCUT2D eigenvalue weighted by Gasteiger charge is -2.12. The first-order valence-electron chi connectivity index (χ1n) is 8.43. The van der Waals surface area contributed by atoms with E-state index in [0.29, 0.717) is 16.1 Å². The molecule has 0 fully saturated rings. The Morgan fingerprint density at radius 3 is 2.58 bits per heavy atom. The minimum Gasteiger partial charge on any atom is -0.459 e. The maximum absolute atomic E-state index is 13.2. The lowest BCUT2D eigenvalue weighted by Crippen LogP contribution is -2.14. The van der Waals surface area contributed by atoms with Crippen LogP contribution in [0, 0.1) is 0 Å². The second kappa shape index (κ2) is 7.21. The van der Waals surface area contributed by atoms with Crippen LogP contribution in [0.1, 0.15) is 49.8 Å². The molecule has 4 nitrogen and oxygen atoms in total. The molecule has 26 heavy (non-hydrogen) atoms. The molecule has 1 amide bonds. The Labute approximate surface area is 163 Å². The molecule has 0 saturated carbocycles. The minimum absolute atomic E-state index is 0.0494. The first-order chi connectivity index (χ1) is 12.6. The highest BCUT2D eigenvalue weighted by Crippen LogP contribution is 2.39. The summed E-state index contributed by atoms with van der Waals surface area (Å²) in [5, 5.41) is 3.50. The van der Waals surface area contributed by atoms with Crippen molar-refractivity contribution >= 4 is 44.0 Å². The van der Waals surface area contributed by atoms with Gasteiger partial charge in [0.2, 0.25) is 0 Å². The Balaban J connectivity index is 1.74. The van der Waals surface area contributed by atoms with Crippen LogP contribution in [0.3, 0.4) is 0 Å². The van der Waals surface area contributed by atoms with Gasteiger partial charge >= 0.3 is 0 Å². The Bertz CT molecular complexity index is 958. The van der Waals surface area contributed by atoms with E-state index in [2.05, 4.69) is 21.2 Å². The molecule has 4 rings (SSSR count). The molecule has 1 aromatic carbocycles. The number of rotatable bonds is 4. The van der Waals surface area contributed by atoms with Crippen LogP contribution >= 0.6 is 27.3 Å². The molecule has 0 radical (unpaired) electrons. The van der Waals surface area contributed by atoms with Gasteiger partial charge in [0.15, 0.2) is 11.5 Å². The fourth-order valence-corrected chi connectivity index (χ4v) is 4.76. The van der Waals surface area contributed by atoms with Crippen molar-refractivity contribution in [2.75, 3.05) is 5.32 Å². The number of halogens is 1. The topological polar surface area (TPSA) is 59.3 Å². The summed E-state index contributed by atoms with van der Waals surface area (Å²) in [5.74, 6) is -0.150. The standard InChI is InChI=1S/C20H16BrNO3S/c21-13-9-7-12(8-10-13)18(23)17-14-4-1-2-6-16(14)26-20(17)22-19(24)15-5-3-11-25-15/h3,5,7-11H,1-2,4,6H2,(H,22,24). The third-order valence-electron chi connectivity index (χ3n) is 4.48. The highest BCUT2D eigenvalue weighted by Gasteiger charge is 2.27. The van der Waals surface area contributed by atoms with Crippen LogP contribution in [0.25, 0.3) is 0 Å². The van der Waals surface area contributed by atoms with Crippen LogP contribution in [0.2, 0.25) is 0 Å². The Kier molecular flexibility index (Phi) is 4.78. The normalized spacial score (nSPS) is 13.3. The van der Waals surface area contributed by atoms with E-state index in [9.17, 15) is 9.59 Å². The number of hydrogen-bond acceptors (Lipinski definition) is 4. The van der Waals surface area contributed by atoms with Crippen LogP contribution in [0.4, 0.5) is 5.00 Å². The lowest BCUT2D eigenvalue weighted by atomic mass is 9.92. The van der Waals surface area contributed by atoms with Crippen LogP contribution < -0.4 is 5.32 Å². The fourth-order valence-electron chi connectivity index (χ4n) is 3.21. The smallest absolute Gasteiger partial charge is 0.291 e. The van der Waals surface area contributed by atoms with E-state index in [0.717, 1.165) is 35.7 Å². The molecular weight excluding hydrogens is 414 g/mol. The first kappa shape index (κ1) is 17.2. The van der Waals surface area contributed by atoms with Gasteiger partial charge in [0, 0.05) is 14.9 Å². The van der Waals surface area contributed by atoms with E-state index in [1.165, 1.54) is 22.5 Å². The molecule has 0 atom stereocenters. The highest BCUT2D eigenvalue weighted by molar-refractivity contribution is 9.10. The summed E-state index contributed by atoms with van der Waals surface area (Å²) in [7, 11) is 0. The van der Waals surface area contributed by atoms with Crippen molar-refractivity contribution in [2.24, 2.45) is 0 Å². The molecule has 2 aromatic heterocycles. The molecule has 132 valence electrons. The summed E-state index contributed by atoms with van der Waals surface area (Å²) in [5.41, 5.74) is 2.34. The summed E-state index contributed by atoms with van der Waals surface area (Å²) in [6.07, 6.45) is 5.47. The van der Waals surface area contributed by atoms with Gasteiger partial charge in [0.05, 0.1) is 11.8 Å². The molecule has 0 bridgehead atoms. The number of amides is 1. The molecule has 2 heterocycles. The van der Waals surface area contributed by atoms with Gasteiger partial charge in [-0.1, -0.05) is 15.9 Å². The van der Waals surface area contributed by atoms with E-state index < -0.39 is 0 Å². The predicted molar refractivity (Wildman–Crippen MR) is 105 cm³/mol. The molecule has 6 heteroatoms. The quantitative estimate of drug-likeness (QED) is 0.559. The van der Waals surface area contributed by atoms with Gasteiger partial charge in [-0.05, 0) is 67.6 Å². The zero-order chi connectivity index (χ0) is 18.1. The summed E-state index contributed by atoms with van der Waals surface area (Å²) < 4.78 is 6.09. The van der Waals surface area contributed by atoms with Crippen molar-refractivity contribution in [3.8, 4) is 0 Å². The number of fused-ring (bicyclic) bond motifs is 1. The Morgan fingerprint density at radius 1 is 1.08 bits per heavy atom. The largest absolute Gasteiger partial charge is 0.459 e. The third kappa shape index (κ3) is 3.27. The second-order valence-corrected chi connectivity index (χ2v) is 8.20. The lowest BCUT2D eigenvalue weighted by molar-refractivity contribution is 0.0997. The van der Waals surface area contributed by atoms with Crippen molar-refractivity contribution in [1.82, 2.24) is 0 Å². The number of aryl methyl sites for hydroxylation is 1. The van der Waals surface area contributed by atoms with Gasteiger partial charge < -0.3 is 9.73 Å². The van der Waals surface area contributed by atoms with Gasteiger partial charge in [0.25, 0.3) is 5.91 Å². The van der Waals surface area contributed by atoms with Crippen molar-refractivity contribution in [2.45, 2.75) is 25.7 Å². The maximum atomic E-state index is 13.2. The predicted octanol–water partition coefficient (Wildman–Crippen LogP) is 5.47.